The fourth-order valence-electron chi connectivity index (χ4n) is 1.29. The van der Waals surface area contributed by atoms with Crippen molar-refractivity contribution in [2.75, 3.05) is 20.3 Å². The van der Waals surface area contributed by atoms with Crippen LogP contribution in [0.25, 0.3) is 0 Å². The van der Waals surface area contributed by atoms with Crippen molar-refractivity contribution in [3.8, 4) is 0 Å². The Morgan fingerprint density at radius 2 is 2.07 bits per heavy atom. The predicted octanol–water partition coefficient (Wildman–Crippen LogP) is 1.55. The first kappa shape index (κ1) is 13.9. The van der Waals surface area contributed by atoms with Gasteiger partial charge in [0.1, 0.15) is 0 Å². The normalized spacial score (nSPS) is 15.4. The van der Waals surface area contributed by atoms with E-state index in [4.69, 9.17) is 4.74 Å². The lowest BCUT2D eigenvalue weighted by molar-refractivity contribution is 0.156. The minimum absolute atomic E-state index is 0.119. The van der Waals surface area contributed by atoms with E-state index in [2.05, 4.69) is 12.2 Å². The average Bonchev–Trinajstić information content (AvgIpc) is 2.21. The predicted molar refractivity (Wildman–Crippen MR) is 59.5 cm³/mol. The standard InChI is InChI=1S/C11H25NO2/c1-4-11(13)6-5-8-12-10(2)7-9-14-3/h10-13H,4-9H2,1-3H3. The van der Waals surface area contributed by atoms with E-state index in [1.165, 1.54) is 0 Å². The van der Waals surface area contributed by atoms with Gasteiger partial charge in [0.25, 0.3) is 0 Å². The first-order valence-electron chi connectivity index (χ1n) is 5.61. The summed E-state index contributed by atoms with van der Waals surface area (Å²) in [7, 11) is 1.73. The summed E-state index contributed by atoms with van der Waals surface area (Å²) in [6, 6.07) is 0.508. The summed E-state index contributed by atoms with van der Waals surface area (Å²) in [4.78, 5) is 0. The highest BCUT2D eigenvalue weighted by Gasteiger charge is 2.02. The van der Waals surface area contributed by atoms with Gasteiger partial charge in [-0.2, -0.15) is 0 Å². The molecule has 14 heavy (non-hydrogen) atoms. The second-order valence-electron chi connectivity index (χ2n) is 3.84. The molecule has 3 nitrogen and oxygen atoms in total. The van der Waals surface area contributed by atoms with E-state index in [0.717, 1.165) is 38.8 Å². The largest absolute Gasteiger partial charge is 0.393 e. The van der Waals surface area contributed by atoms with Crippen LogP contribution < -0.4 is 5.32 Å². The van der Waals surface area contributed by atoms with Gasteiger partial charge in [-0.15, -0.1) is 0 Å². The molecule has 0 bridgehead atoms. The number of rotatable bonds is 9. The number of methoxy groups -OCH3 is 1. The van der Waals surface area contributed by atoms with Gasteiger partial charge in [-0.25, -0.2) is 0 Å². The molecule has 0 radical (unpaired) electrons. The Bertz CT molecular complexity index is 120. The fourth-order valence-corrected chi connectivity index (χ4v) is 1.29. The highest BCUT2D eigenvalue weighted by atomic mass is 16.5. The van der Waals surface area contributed by atoms with E-state index in [-0.39, 0.29) is 6.10 Å². The number of hydrogen-bond donors (Lipinski definition) is 2. The SMILES string of the molecule is CCC(O)CCCNC(C)CCOC. The van der Waals surface area contributed by atoms with Crippen molar-refractivity contribution in [1.82, 2.24) is 5.32 Å². The van der Waals surface area contributed by atoms with Crippen LogP contribution in [0.2, 0.25) is 0 Å². The van der Waals surface area contributed by atoms with Gasteiger partial charge in [-0.05, 0) is 39.2 Å². The molecule has 0 aromatic heterocycles. The molecule has 0 heterocycles. The summed E-state index contributed by atoms with van der Waals surface area (Å²) in [5, 5.41) is 12.7. The Balaban J connectivity index is 3.18. The molecular weight excluding hydrogens is 178 g/mol. The molecule has 2 atom stereocenters. The van der Waals surface area contributed by atoms with E-state index in [9.17, 15) is 5.11 Å². The van der Waals surface area contributed by atoms with Crippen molar-refractivity contribution in [2.24, 2.45) is 0 Å². The number of nitrogens with one attached hydrogen (secondary N) is 1. The molecule has 0 amide bonds. The summed E-state index contributed by atoms with van der Waals surface area (Å²) in [5.74, 6) is 0. The molecule has 2 unspecified atom stereocenters. The summed E-state index contributed by atoms with van der Waals surface area (Å²) >= 11 is 0. The van der Waals surface area contributed by atoms with Gasteiger partial charge in [0.15, 0.2) is 0 Å². The van der Waals surface area contributed by atoms with E-state index in [1.807, 2.05) is 6.92 Å². The number of aliphatic hydroxyl groups excluding tert-OH is 1. The number of aliphatic hydroxyl groups is 1. The average molecular weight is 203 g/mol. The van der Waals surface area contributed by atoms with Crippen LogP contribution in [0, 0.1) is 0 Å². The van der Waals surface area contributed by atoms with Crippen LogP contribution in [-0.2, 0) is 4.74 Å². The summed E-state index contributed by atoms with van der Waals surface area (Å²) < 4.78 is 4.99. The minimum atomic E-state index is -0.119. The lowest BCUT2D eigenvalue weighted by atomic mass is 10.1. The molecule has 0 aliphatic carbocycles. The smallest absolute Gasteiger partial charge is 0.0538 e. The van der Waals surface area contributed by atoms with Crippen LogP contribution in [0.5, 0.6) is 0 Å². The maximum atomic E-state index is 9.32. The Labute approximate surface area is 87.8 Å². The third-order valence-corrected chi connectivity index (χ3v) is 2.43. The van der Waals surface area contributed by atoms with E-state index >= 15 is 0 Å². The number of ether oxygens (including phenoxy) is 1. The highest BCUT2D eigenvalue weighted by Crippen LogP contribution is 2.00. The van der Waals surface area contributed by atoms with Crippen molar-refractivity contribution in [1.29, 1.82) is 0 Å². The second-order valence-corrected chi connectivity index (χ2v) is 3.84. The third kappa shape index (κ3) is 8.48. The summed E-state index contributed by atoms with van der Waals surface area (Å²) in [6.45, 7) is 5.97. The highest BCUT2D eigenvalue weighted by molar-refractivity contribution is 4.61. The van der Waals surface area contributed by atoms with Gasteiger partial charge in [-0.1, -0.05) is 6.92 Å². The minimum Gasteiger partial charge on any atom is -0.393 e. The molecule has 0 aromatic carbocycles. The van der Waals surface area contributed by atoms with Crippen molar-refractivity contribution in [3.05, 3.63) is 0 Å². The number of hydrogen-bond acceptors (Lipinski definition) is 3. The zero-order valence-electron chi connectivity index (χ0n) is 9.75. The topological polar surface area (TPSA) is 41.5 Å². The van der Waals surface area contributed by atoms with Gasteiger partial charge < -0.3 is 15.2 Å². The van der Waals surface area contributed by atoms with Crippen molar-refractivity contribution < 1.29 is 9.84 Å². The molecule has 86 valence electrons. The maximum absolute atomic E-state index is 9.32. The monoisotopic (exact) mass is 203 g/mol. The Hall–Kier alpha value is -0.120. The van der Waals surface area contributed by atoms with Gasteiger partial charge in [0.2, 0.25) is 0 Å². The van der Waals surface area contributed by atoms with Crippen molar-refractivity contribution >= 4 is 0 Å². The molecule has 0 fully saturated rings. The maximum Gasteiger partial charge on any atom is 0.0538 e. The van der Waals surface area contributed by atoms with Gasteiger partial charge in [0, 0.05) is 19.8 Å². The lowest BCUT2D eigenvalue weighted by Gasteiger charge is -2.13. The molecule has 0 spiro atoms. The zero-order valence-corrected chi connectivity index (χ0v) is 9.75. The van der Waals surface area contributed by atoms with Crippen molar-refractivity contribution in [2.45, 2.75) is 51.7 Å². The van der Waals surface area contributed by atoms with E-state index in [1.54, 1.807) is 7.11 Å². The molecule has 0 aromatic rings. The summed E-state index contributed by atoms with van der Waals surface area (Å²) in [5.41, 5.74) is 0. The molecule has 0 saturated carbocycles. The quantitative estimate of drug-likeness (QED) is 0.559. The molecule has 0 aliphatic rings. The van der Waals surface area contributed by atoms with Crippen LogP contribution >= 0.6 is 0 Å². The van der Waals surface area contributed by atoms with Crippen LogP contribution in [0.1, 0.15) is 39.5 Å². The van der Waals surface area contributed by atoms with E-state index in [0.29, 0.717) is 6.04 Å². The molecule has 0 saturated heterocycles. The van der Waals surface area contributed by atoms with Gasteiger partial charge >= 0.3 is 0 Å². The molecule has 2 N–H and O–H groups in total. The molecule has 3 heteroatoms. The Morgan fingerprint density at radius 3 is 2.64 bits per heavy atom. The Morgan fingerprint density at radius 1 is 1.36 bits per heavy atom. The second kappa shape index (κ2) is 9.44. The molecule has 0 aliphatic heterocycles. The fraction of sp³-hybridized carbons (Fsp3) is 1.00. The molecular formula is C11H25NO2. The first-order valence-corrected chi connectivity index (χ1v) is 5.61. The van der Waals surface area contributed by atoms with Gasteiger partial charge in [-0.3, -0.25) is 0 Å². The van der Waals surface area contributed by atoms with Gasteiger partial charge in [0.05, 0.1) is 6.10 Å². The third-order valence-electron chi connectivity index (χ3n) is 2.43. The van der Waals surface area contributed by atoms with Crippen LogP contribution in [0.4, 0.5) is 0 Å². The van der Waals surface area contributed by atoms with E-state index < -0.39 is 0 Å². The van der Waals surface area contributed by atoms with Crippen molar-refractivity contribution in [3.63, 3.8) is 0 Å². The first-order chi connectivity index (χ1) is 6.70. The Kier molecular flexibility index (Phi) is 9.35. The lowest BCUT2D eigenvalue weighted by Crippen LogP contribution is -2.28. The summed E-state index contributed by atoms with van der Waals surface area (Å²) in [6.07, 6.45) is 3.74. The van der Waals surface area contributed by atoms with Crippen LogP contribution in [0.3, 0.4) is 0 Å². The van der Waals surface area contributed by atoms with Crippen LogP contribution in [-0.4, -0.2) is 37.5 Å². The zero-order chi connectivity index (χ0) is 10.8. The molecule has 0 rings (SSSR count). The van der Waals surface area contributed by atoms with Crippen LogP contribution in [0.15, 0.2) is 0 Å².